The van der Waals surface area contributed by atoms with Crippen LogP contribution in [0.25, 0.3) is 11.0 Å². The van der Waals surface area contributed by atoms with E-state index in [4.69, 9.17) is 4.42 Å². The van der Waals surface area contributed by atoms with Gasteiger partial charge in [0.05, 0.1) is 16.9 Å². The number of carbonyl (C=O) groups excluding carboxylic acids is 1. The Hall–Kier alpha value is -1.85. The number of unbranched alkanes of at least 4 members (excludes halogenated alkanes) is 1. The van der Waals surface area contributed by atoms with Crippen LogP contribution in [-0.2, 0) is 4.79 Å². The van der Waals surface area contributed by atoms with Gasteiger partial charge in [-0.3, -0.25) is 4.79 Å². The van der Waals surface area contributed by atoms with Crippen LogP contribution in [0.3, 0.4) is 0 Å². The molecule has 1 atom stereocenters. The zero-order valence-electron chi connectivity index (χ0n) is 14.9. The van der Waals surface area contributed by atoms with Crippen LogP contribution in [0.2, 0.25) is 0 Å². The third-order valence-corrected chi connectivity index (χ3v) is 4.37. The molecule has 1 unspecified atom stereocenters. The molecule has 0 aliphatic heterocycles. The van der Waals surface area contributed by atoms with Gasteiger partial charge in [0.15, 0.2) is 0 Å². The van der Waals surface area contributed by atoms with Gasteiger partial charge in [-0.25, -0.2) is 4.79 Å². The van der Waals surface area contributed by atoms with Crippen molar-refractivity contribution in [1.82, 2.24) is 4.90 Å². The summed E-state index contributed by atoms with van der Waals surface area (Å²) in [6, 6.07) is 6.80. The van der Waals surface area contributed by atoms with E-state index in [9.17, 15) is 14.7 Å². The van der Waals surface area contributed by atoms with Crippen LogP contribution in [0, 0.1) is 0 Å². The second-order valence-electron chi connectivity index (χ2n) is 6.06. The van der Waals surface area contributed by atoms with Gasteiger partial charge in [0.1, 0.15) is 17.1 Å². The quantitative estimate of drug-likeness (QED) is 0.720. The van der Waals surface area contributed by atoms with E-state index in [2.05, 4.69) is 11.8 Å². The number of nitrogens with zero attached hydrogens (tertiary/aromatic N) is 1. The minimum absolute atomic E-state index is 0. The summed E-state index contributed by atoms with van der Waals surface area (Å²) in [7, 11) is 0. The molecule has 138 valence electrons. The fraction of sp³-hybridized carbons (Fsp3) is 0.474. The molecule has 0 amide bonds. The molecule has 0 saturated carbocycles. The molecule has 5 nitrogen and oxygen atoms in total. The average molecular weight is 368 g/mol. The van der Waals surface area contributed by atoms with Crippen molar-refractivity contribution < 1.29 is 14.3 Å². The van der Waals surface area contributed by atoms with Gasteiger partial charge in [0.2, 0.25) is 0 Å². The van der Waals surface area contributed by atoms with E-state index < -0.39 is 11.5 Å². The van der Waals surface area contributed by atoms with Crippen molar-refractivity contribution in [3.8, 4) is 5.75 Å². The maximum Gasteiger partial charge on any atom is 0.344 e. The molecule has 1 aromatic carbocycles. The number of para-hydroxylation sites is 1. The maximum atomic E-state index is 12.4. The molecule has 0 aliphatic rings. The second-order valence-corrected chi connectivity index (χ2v) is 6.06. The summed E-state index contributed by atoms with van der Waals surface area (Å²) in [5.41, 5.74) is -0.251. The van der Waals surface area contributed by atoms with Gasteiger partial charge in [-0.2, -0.15) is 0 Å². The smallest absolute Gasteiger partial charge is 0.344 e. The van der Waals surface area contributed by atoms with E-state index in [1.54, 1.807) is 24.3 Å². The fourth-order valence-corrected chi connectivity index (χ4v) is 2.90. The van der Waals surface area contributed by atoms with E-state index in [0.29, 0.717) is 17.5 Å². The predicted molar refractivity (Wildman–Crippen MR) is 102 cm³/mol. The summed E-state index contributed by atoms with van der Waals surface area (Å²) in [5.74, 6) is -0.987. The zero-order chi connectivity index (χ0) is 17.7. The lowest BCUT2D eigenvalue weighted by molar-refractivity contribution is -0.119. The van der Waals surface area contributed by atoms with Gasteiger partial charge in [-0.15, -0.1) is 12.4 Å². The van der Waals surface area contributed by atoms with Gasteiger partial charge in [0.25, 0.3) is 0 Å². The summed E-state index contributed by atoms with van der Waals surface area (Å²) < 4.78 is 5.31. The SMILES string of the molecule is CCCCN(CC)CC(C(C)=O)c1c(O)c2ccccc2oc1=O.Cl. The Morgan fingerprint density at radius 1 is 1.28 bits per heavy atom. The van der Waals surface area contributed by atoms with E-state index >= 15 is 0 Å². The molecule has 0 saturated heterocycles. The molecular weight excluding hydrogens is 342 g/mol. The number of hydrogen-bond donors (Lipinski definition) is 1. The molecule has 1 aromatic heterocycles. The number of fused-ring (bicyclic) bond motifs is 1. The first-order chi connectivity index (χ1) is 11.5. The summed E-state index contributed by atoms with van der Waals surface area (Å²) in [5, 5.41) is 11.0. The van der Waals surface area contributed by atoms with Crippen LogP contribution >= 0.6 is 12.4 Å². The van der Waals surface area contributed by atoms with Crippen molar-refractivity contribution in [1.29, 1.82) is 0 Å². The number of benzene rings is 1. The Morgan fingerprint density at radius 3 is 2.56 bits per heavy atom. The number of rotatable bonds is 8. The Morgan fingerprint density at radius 2 is 1.96 bits per heavy atom. The Kier molecular flexibility index (Phi) is 8.13. The summed E-state index contributed by atoms with van der Waals surface area (Å²) in [4.78, 5) is 26.7. The van der Waals surface area contributed by atoms with E-state index in [-0.39, 0.29) is 29.5 Å². The molecule has 25 heavy (non-hydrogen) atoms. The average Bonchev–Trinajstić information content (AvgIpc) is 2.56. The summed E-state index contributed by atoms with van der Waals surface area (Å²) in [6.45, 7) is 7.63. The molecule has 0 spiro atoms. The van der Waals surface area contributed by atoms with Crippen LogP contribution in [0.15, 0.2) is 33.5 Å². The molecule has 0 fully saturated rings. The first-order valence-corrected chi connectivity index (χ1v) is 8.47. The number of Topliss-reactive ketones (excluding diaryl/α,β-unsaturated/α-hetero) is 1. The monoisotopic (exact) mass is 367 g/mol. The van der Waals surface area contributed by atoms with Crippen LogP contribution in [0.1, 0.15) is 45.1 Å². The van der Waals surface area contributed by atoms with Gasteiger partial charge in [0, 0.05) is 6.54 Å². The Balaban J connectivity index is 0.00000312. The lowest BCUT2D eigenvalue weighted by atomic mass is 9.94. The number of ketones is 1. The Labute approximate surface area is 154 Å². The molecule has 2 rings (SSSR count). The molecule has 2 aromatic rings. The first-order valence-electron chi connectivity index (χ1n) is 8.47. The predicted octanol–water partition coefficient (Wildman–Crippen LogP) is 3.72. The minimum atomic E-state index is -0.692. The third-order valence-electron chi connectivity index (χ3n) is 4.37. The van der Waals surface area contributed by atoms with E-state index in [0.717, 1.165) is 25.9 Å². The molecular formula is C19H26ClNO4. The highest BCUT2D eigenvalue weighted by molar-refractivity contribution is 5.89. The van der Waals surface area contributed by atoms with Gasteiger partial charge < -0.3 is 14.4 Å². The minimum Gasteiger partial charge on any atom is -0.507 e. The van der Waals surface area contributed by atoms with Crippen molar-refractivity contribution in [2.45, 2.75) is 39.5 Å². The number of likely N-dealkylation sites (N-methyl/N-ethyl adjacent to an activating group) is 1. The van der Waals surface area contributed by atoms with Crippen molar-refractivity contribution >= 4 is 29.2 Å². The van der Waals surface area contributed by atoms with Crippen molar-refractivity contribution in [3.05, 3.63) is 40.2 Å². The third kappa shape index (κ3) is 4.83. The van der Waals surface area contributed by atoms with E-state index in [1.807, 2.05) is 6.92 Å². The van der Waals surface area contributed by atoms with Crippen LogP contribution < -0.4 is 5.63 Å². The first kappa shape index (κ1) is 21.2. The molecule has 6 heteroatoms. The highest BCUT2D eigenvalue weighted by atomic mass is 35.5. The highest BCUT2D eigenvalue weighted by Gasteiger charge is 2.28. The van der Waals surface area contributed by atoms with Crippen LogP contribution in [0.4, 0.5) is 0 Å². The van der Waals surface area contributed by atoms with Gasteiger partial charge in [-0.1, -0.05) is 32.4 Å². The molecule has 0 radical (unpaired) electrons. The lowest BCUT2D eigenvalue weighted by Crippen LogP contribution is -2.34. The summed E-state index contributed by atoms with van der Waals surface area (Å²) >= 11 is 0. The van der Waals surface area contributed by atoms with Crippen LogP contribution in [-0.4, -0.2) is 35.4 Å². The van der Waals surface area contributed by atoms with E-state index in [1.165, 1.54) is 6.92 Å². The summed E-state index contributed by atoms with van der Waals surface area (Å²) in [6.07, 6.45) is 2.08. The van der Waals surface area contributed by atoms with Crippen molar-refractivity contribution in [3.63, 3.8) is 0 Å². The van der Waals surface area contributed by atoms with Gasteiger partial charge in [-0.05, 0) is 38.6 Å². The topological polar surface area (TPSA) is 70.8 Å². The van der Waals surface area contributed by atoms with Crippen LogP contribution in [0.5, 0.6) is 5.75 Å². The number of halogens is 1. The maximum absolute atomic E-state index is 12.4. The molecule has 1 heterocycles. The molecule has 0 bridgehead atoms. The fourth-order valence-electron chi connectivity index (χ4n) is 2.90. The molecule has 0 aliphatic carbocycles. The lowest BCUT2D eigenvalue weighted by Gasteiger charge is -2.25. The second kappa shape index (κ2) is 9.59. The number of carbonyl (C=O) groups is 1. The zero-order valence-corrected chi connectivity index (χ0v) is 15.8. The van der Waals surface area contributed by atoms with Gasteiger partial charge >= 0.3 is 5.63 Å². The Bertz CT molecular complexity index is 772. The molecule has 1 N–H and O–H groups in total. The van der Waals surface area contributed by atoms with Crippen molar-refractivity contribution in [2.75, 3.05) is 19.6 Å². The number of hydrogen-bond acceptors (Lipinski definition) is 5. The van der Waals surface area contributed by atoms with Crippen molar-refractivity contribution in [2.24, 2.45) is 0 Å². The highest BCUT2D eigenvalue weighted by Crippen LogP contribution is 2.31. The standard InChI is InChI=1S/C19H25NO4.ClH/c1-4-6-11-20(5-2)12-15(13(3)21)17-18(22)14-9-7-8-10-16(14)24-19(17)23;/h7-10,15,22H,4-6,11-12H2,1-3H3;1H. The number of aromatic hydroxyl groups is 1. The largest absolute Gasteiger partial charge is 0.507 e. The normalized spacial score (nSPS) is 12.2.